The molecule has 2 aromatic rings. The molecule has 0 bridgehead atoms. The molecule has 0 saturated heterocycles. The molecule has 1 aromatic carbocycles. The number of nitrogens with one attached hydrogen (secondary N) is 1. The van der Waals surface area contributed by atoms with Gasteiger partial charge in [-0.3, -0.25) is 4.79 Å². The minimum atomic E-state index is -0.213. The van der Waals surface area contributed by atoms with E-state index in [1.165, 1.54) is 11.0 Å². The third-order valence-corrected chi connectivity index (χ3v) is 2.48. The van der Waals surface area contributed by atoms with E-state index < -0.39 is 0 Å². The number of aromatic nitrogens is 3. The fourth-order valence-corrected chi connectivity index (χ4v) is 1.55. The molecule has 1 heterocycles. The van der Waals surface area contributed by atoms with Crippen LogP contribution in [0, 0.1) is 0 Å². The highest BCUT2D eigenvalue weighted by Crippen LogP contribution is 2.11. The van der Waals surface area contributed by atoms with Crippen molar-refractivity contribution in [2.75, 3.05) is 0 Å². The van der Waals surface area contributed by atoms with Gasteiger partial charge in [0.05, 0.1) is 12.2 Å². The molecule has 17 heavy (non-hydrogen) atoms. The summed E-state index contributed by atoms with van der Waals surface area (Å²) < 4.78 is 0. The topological polar surface area (TPSA) is 59.8 Å². The van der Waals surface area contributed by atoms with Crippen molar-refractivity contribution in [3.05, 3.63) is 47.8 Å². The maximum absolute atomic E-state index is 11.8. The van der Waals surface area contributed by atoms with Crippen molar-refractivity contribution in [2.24, 2.45) is 7.05 Å². The van der Waals surface area contributed by atoms with Crippen LogP contribution in [0.5, 0.6) is 0 Å². The lowest BCUT2D eigenvalue weighted by atomic mass is 10.1. The van der Waals surface area contributed by atoms with Gasteiger partial charge in [-0.25, -0.2) is 0 Å². The van der Waals surface area contributed by atoms with Crippen molar-refractivity contribution in [3.8, 4) is 0 Å². The minimum absolute atomic E-state index is 0.0503. The van der Waals surface area contributed by atoms with Gasteiger partial charge in [-0.15, -0.1) is 5.10 Å². The Balaban J connectivity index is 2.04. The van der Waals surface area contributed by atoms with Gasteiger partial charge in [0, 0.05) is 7.05 Å². The Kier molecular flexibility index (Phi) is 3.18. The Morgan fingerprint density at radius 2 is 2.06 bits per heavy atom. The summed E-state index contributed by atoms with van der Waals surface area (Å²) in [4.78, 5) is 13.2. The second-order valence-electron chi connectivity index (χ2n) is 3.83. The average Bonchev–Trinajstić information content (AvgIpc) is 2.77. The zero-order valence-electron chi connectivity index (χ0n) is 9.79. The normalized spacial score (nSPS) is 12.1. The maximum Gasteiger partial charge on any atom is 0.273 e. The summed E-state index contributed by atoms with van der Waals surface area (Å²) in [7, 11) is 1.68. The first-order valence-electron chi connectivity index (χ1n) is 5.39. The lowest BCUT2D eigenvalue weighted by Crippen LogP contribution is -2.27. The van der Waals surface area contributed by atoms with E-state index in [0.717, 1.165) is 5.56 Å². The predicted octanol–water partition coefficient (Wildman–Crippen LogP) is 1.31. The minimum Gasteiger partial charge on any atom is -0.344 e. The number of hydrogen-bond donors (Lipinski definition) is 1. The molecule has 0 spiro atoms. The molecule has 5 heteroatoms. The highest BCUT2D eigenvalue weighted by atomic mass is 16.2. The summed E-state index contributed by atoms with van der Waals surface area (Å²) >= 11 is 0. The highest BCUT2D eigenvalue weighted by molar-refractivity contribution is 5.92. The summed E-state index contributed by atoms with van der Waals surface area (Å²) in [6, 6.07) is 9.73. The Labute approximate surface area is 99.5 Å². The zero-order valence-corrected chi connectivity index (χ0v) is 9.79. The van der Waals surface area contributed by atoms with Crippen LogP contribution in [0.15, 0.2) is 36.5 Å². The molecule has 1 amide bonds. The van der Waals surface area contributed by atoms with Gasteiger partial charge in [-0.1, -0.05) is 30.3 Å². The molecular weight excluding hydrogens is 216 g/mol. The largest absolute Gasteiger partial charge is 0.344 e. The number of carbonyl (C=O) groups excluding carboxylic acids is 1. The second-order valence-corrected chi connectivity index (χ2v) is 3.83. The molecule has 1 N–H and O–H groups in total. The van der Waals surface area contributed by atoms with E-state index in [1.807, 2.05) is 37.3 Å². The summed E-state index contributed by atoms with van der Waals surface area (Å²) in [5.74, 6) is -0.213. The molecular formula is C12H14N4O. The first kappa shape index (κ1) is 11.3. The molecule has 1 unspecified atom stereocenters. The summed E-state index contributed by atoms with van der Waals surface area (Å²) in [5, 5.41) is 10.7. The summed E-state index contributed by atoms with van der Waals surface area (Å²) in [6.45, 7) is 1.93. The molecule has 0 aliphatic rings. The van der Waals surface area contributed by atoms with Crippen LogP contribution < -0.4 is 5.32 Å². The number of carbonyl (C=O) groups is 1. The first-order chi connectivity index (χ1) is 8.16. The molecule has 0 saturated carbocycles. The quantitative estimate of drug-likeness (QED) is 0.864. The molecule has 0 aliphatic carbocycles. The Hall–Kier alpha value is -2.17. The third-order valence-electron chi connectivity index (χ3n) is 2.48. The third kappa shape index (κ3) is 2.69. The maximum atomic E-state index is 11.8. The van der Waals surface area contributed by atoms with E-state index in [-0.39, 0.29) is 11.9 Å². The lowest BCUT2D eigenvalue weighted by Gasteiger charge is -2.12. The van der Waals surface area contributed by atoms with Gasteiger partial charge in [0.1, 0.15) is 0 Å². The van der Waals surface area contributed by atoms with E-state index >= 15 is 0 Å². The van der Waals surface area contributed by atoms with Crippen molar-refractivity contribution in [1.82, 2.24) is 20.3 Å². The van der Waals surface area contributed by atoms with E-state index in [4.69, 9.17) is 0 Å². The van der Waals surface area contributed by atoms with Crippen LogP contribution in [0.2, 0.25) is 0 Å². The molecule has 88 valence electrons. The van der Waals surface area contributed by atoms with Crippen LogP contribution in [0.1, 0.15) is 29.0 Å². The van der Waals surface area contributed by atoms with Crippen LogP contribution >= 0.6 is 0 Å². The molecule has 1 aromatic heterocycles. The molecule has 0 aliphatic heterocycles. The zero-order chi connectivity index (χ0) is 12.3. The van der Waals surface area contributed by atoms with Gasteiger partial charge in [0.25, 0.3) is 5.91 Å². The predicted molar refractivity (Wildman–Crippen MR) is 63.3 cm³/mol. The van der Waals surface area contributed by atoms with Crippen molar-refractivity contribution in [1.29, 1.82) is 0 Å². The van der Waals surface area contributed by atoms with Crippen LogP contribution in [0.25, 0.3) is 0 Å². The van der Waals surface area contributed by atoms with Gasteiger partial charge >= 0.3 is 0 Å². The van der Waals surface area contributed by atoms with Crippen molar-refractivity contribution < 1.29 is 4.79 Å². The lowest BCUT2D eigenvalue weighted by molar-refractivity contribution is 0.0934. The first-order valence-corrected chi connectivity index (χ1v) is 5.39. The molecule has 5 nitrogen and oxygen atoms in total. The average molecular weight is 230 g/mol. The highest BCUT2D eigenvalue weighted by Gasteiger charge is 2.13. The van der Waals surface area contributed by atoms with Gasteiger partial charge < -0.3 is 5.32 Å². The number of nitrogens with zero attached hydrogens (tertiary/aromatic N) is 3. The standard InChI is InChI=1S/C12H14N4O/c1-9(10-6-4-3-5-7-10)14-12(17)11-8-13-16(2)15-11/h3-9H,1-2H3,(H,14,17). The summed E-state index contributed by atoms with van der Waals surface area (Å²) in [5.41, 5.74) is 1.39. The number of rotatable bonds is 3. The molecule has 1 atom stereocenters. The molecule has 0 radical (unpaired) electrons. The number of aryl methyl sites for hydroxylation is 1. The van der Waals surface area contributed by atoms with Gasteiger partial charge in [-0.05, 0) is 12.5 Å². The smallest absolute Gasteiger partial charge is 0.273 e. The van der Waals surface area contributed by atoms with Gasteiger partial charge in [0.15, 0.2) is 5.69 Å². The number of benzene rings is 1. The fraction of sp³-hybridized carbons (Fsp3) is 0.250. The Morgan fingerprint density at radius 3 is 2.65 bits per heavy atom. The SMILES string of the molecule is CC(NC(=O)c1cnn(C)n1)c1ccccc1. The summed E-state index contributed by atoms with van der Waals surface area (Å²) in [6.07, 6.45) is 1.45. The Bertz CT molecular complexity index is 506. The fourth-order valence-electron chi connectivity index (χ4n) is 1.55. The van der Waals surface area contributed by atoms with Crippen molar-refractivity contribution >= 4 is 5.91 Å². The van der Waals surface area contributed by atoms with Crippen LogP contribution in [0.3, 0.4) is 0 Å². The molecule has 0 fully saturated rings. The van der Waals surface area contributed by atoms with Gasteiger partial charge in [-0.2, -0.15) is 9.90 Å². The monoisotopic (exact) mass is 230 g/mol. The van der Waals surface area contributed by atoms with Crippen LogP contribution in [-0.4, -0.2) is 20.9 Å². The Morgan fingerprint density at radius 1 is 1.35 bits per heavy atom. The number of hydrogen-bond acceptors (Lipinski definition) is 3. The van der Waals surface area contributed by atoms with Crippen molar-refractivity contribution in [3.63, 3.8) is 0 Å². The molecule has 2 rings (SSSR count). The van der Waals surface area contributed by atoms with Crippen LogP contribution in [0.4, 0.5) is 0 Å². The van der Waals surface area contributed by atoms with Gasteiger partial charge in [0.2, 0.25) is 0 Å². The van der Waals surface area contributed by atoms with Crippen molar-refractivity contribution in [2.45, 2.75) is 13.0 Å². The van der Waals surface area contributed by atoms with E-state index in [2.05, 4.69) is 15.5 Å². The van der Waals surface area contributed by atoms with E-state index in [1.54, 1.807) is 7.05 Å². The van der Waals surface area contributed by atoms with E-state index in [9.17, 15) is 4.79 Å². The second kappa shape index (κ2) is 4.78. The number of amides is 1. The van der Waals surface area contributed by atoms with E-state index in [0.29, 0.717) is 5.69 Å². The van der Waals surface area contributed by atoms with Crippen LogP contribution in [-0.2, 0) is 7.05 Å².